The lowest BCUT2D eigenvalue weighted by Gasteiger charge is -2.42. The Morgan fingerprint density at radius 3 is 1.14 bits per heavy atom. The fraction of sp³-hybridized carbons (Fsp3) is 0.830. The van der Waals surface area contributed by atoms with Crippen molar-refractivity contribution in [3.8, 4) is 0 Å². The minimum Gasteiger partial charge on any atom is -0.444 e. The Bertz CT molecular complexity index is 3540. The molecular weight excluding hydrogens is 1750 g/mol. The number of hydrogen-bond acceptors (Lipinski definition) is 42. The first-order chi connectivity index (χ1) is 63.4. The van der Waals surface area contributed by atoms with Crippen molar-refractivity contribution < 1.29 is 156 Å². The Morgan fingerprint density at radius 2 is 0.759 bits per heavy atom. The van der Waals surface area contributed by atoms with Crippen LogP contribution in [-0.2, 0) is 154 Å². The summed E-state index contributed by atoms with van der Waals surface area (Å²) in [6.07, 6.45) is -0.231. The van der Waals surface area contributed by atoms with Gasteiger partial charge in [-0.15, -0.1) is 0 Å². The van der Waals surface area contributed by atoms with Gasteiger partial charge in [0, 0.05) is 38.0 Å². The molecule has 0 saturated carbocycles. The molecule has 9 aliphatic rings. The van der Waals surface area contributed by atoms with Crippen LogP contribution in [0.3, 0.4) is 0 Å². The van der Waals surface area contributed by atoms with Crippen LogP contribution >= 0.6 is 0 Å². The fourth-order valence-electron chi connectivity index (χ4n) is 16.0. The summed E-state index contributed by atoms with van der Waals surface area (Å²) in [5, 5.41) is 13.0. The van der Waals surface area contributed by atoms with Gasteiger partial charge < -0.3 is 190 Å². The van der Waals surface area contributed by atoms with E-state index in [1.807, 2.05) is 71.9 Å². The molecule has 0 unspecified atom stereocenters. The van der Waals surface area contributed by atoms with Gasteiger partial charge in [0.1, 0.15) is 76.1 Å². The van der Waals surface area contributed by atoms with Crippen LogP contribution in [0.15, 0.2) is 66.0 Å². The lowest BCUT2D eigenvalue weighted by atomic mass is 9.88. The number of hydrazine groups is 3. The van der Waals surface area contributed by atoms with Gasteiger partial charge in [-0.3, -0.25) is 4.79 Å². The molecule has 0 aromatic heterocycles. The normalized spacial score (nSPS) is 27.7. The minimum atomic E-state index is -1.38. The molecule has 0 aliphatic carbocycles. The van der Waals surface area contributed by atoms with Crippen molar-refractivity contribution in [3.63, 3.8) is 0 Å². The largest absolute Gasteiger partial charge is 0.444 e. The third-order valence-corrected chi connectivity index (χ3v) is 21.7. The first-order valence-corrected chi connectivity index (χ1v) is 45.9. The highest BCUT2D eigenvalue weighted by Crippen LogP contribution is 2.50. The number of hydrogen-bond donors (Lipinski definition) is 9. The monoisotopic (exact) mass is 1910 g/mol. The van der Waals surface area contributed by atoms with Crippen molar-refractivity contribution in [2.45, 2.75) is 227 Å². The number of carbonyl (C=O) groups excluding carboxylic acids is 3. The van der Waals surface area contributed by atoms with Crippen LogP contribution in [0, 0.1) is 0 Å². The van der Waals surface area contributed by atoms with Gasteiger partial charge in [-0.05, 0) is 95.1 Å². The van der Waals surface area contributed by atoms with Gasteiger partial charge in [0.15, 0.2) is 36.2 Å². The SMILES string of the molecule is CC(C)(C)OC(=O)N[C@H]1[C@H]2OC[C@](COCCOCCOCCOCCN(N)/C=C(\N)COCC(COC/C(N)=C/N(N)CCOCCOCCOCCOC[C@@]34CO[C@@H](O3)[C@H](NC(=O)OC(C)(C)C)[C@H]3OC(C)(C)O[C@H]34)(COC/C(N)=C/N(N)CCOCCOCCOCCOC[C@]34CO[C@H](C[C@H]5OC(C)(C)O[C@H]53)O4)NC(=O)CCCOCc3ccccc3)(O2)[C@@H]2OC(C)(C)O[C@H]12. The predicted molar refractivity (Wildman–Crippen MR) is 471 cm³/mol. The Balaban J connectivity index is 0.630. The summed E-state index contributed by atoms with van der Waals surface area (Å²) in [7, 11) is 0. The van der Waals surface area contributed by atoms with E-state index in [2.05, 4.69) is 16.0 Å². The van der Waals surface area contributed by atoms with Crippen LogP contribution in [0.2, 0.25) is 0 Å². The number of fused-ring (bicyclic) bond motifs is 12. The summed E-state index contributed by atoms with van der Waals surface area (Å²) in [6.45, 7) is 29.9. The summed E-state index contributed by atoms with van der Waals surface area (Å²) < 4.78 is 180. The molecule has 9 heterocycles. The van der Waals surface area contributed by atoms with Crippen LogP contribution in [0.25, 0.3) is 0 Å². The van der Waals surface area contributed by atoms with E-state index in [4.69, 9.17) is 177 Å². The highest BCUT2D eigenvalue weighted by atomic mass is 16.8. The quantitative estimate of drug-likeness (QED) is 0.0251. The average molecular weight is 1910 g/mol. The van der Waals surface area contributed by atoms with E-state index >= 15 is 0 Å². The zero-order chi connectivity index (χ0) is 95.6. The van der Waals surface area contributed by atoms with Crippen LogP contribution in [0.4, 0.5) is 9.59 Å². The van der Waals surface area contributed by atoms with E-state index in [0.29, 0.717) is 132 Å². The second kappa shape index (κ2) is 52.9. The number of nitrogens with one attached hydrogen (secondary N) is 3. The molecule has 133 heavy (non-hydrogen) atoms. The molecule has 9 saturated heterocycles. The number of alkyl carbamates (subject to hydrolysis) is 2. The molecule has 14 atom stereocenters. The van der Waals surface area contributed by atoms with Gasteiger partial charge in [0.25, 0.3) is 0 Å². The van der Waals surface area contributed by atoms with E-state index in [1.54, 1.807) is 41.5 Å². The summed E-state index contributed by atoms with van der Waals surface area (Å²) >= 11 is 0. The van der Waals surface area contributed by atoms with E-state index in [9.17, 15) is 14.4 Å². The Hall–Kier alpha value is -5.99. The lowest BCUT2D eigenvalue weighted by Crippen LogP contribution is -2.65. The van der Waals surface area contributed by atoms with Crippen molar-refractivity contribution in [1.29, 1.82) is 0 Å². The molecule has 1 aromatic rings. The molecule has 15 N–H and O–H groups in total. The van der Waals surface area contributed by atoms with Gasteiger partial charge in [-0.2, -0.15) is 0 Å². The zero-order valence-electron chi connectivity index (χ0n) is 79.7. The van der Waals surface area contributed by atoms with Gasteiger partial charge in [-0.1, -0.05) is 30.3 Å². The standard InChI is InChI=1S/C88H152N12O33/c1-80(2,3)132-78(102)95-69-71-74(128-83(9,10)125-71)87(60-121-76(69)130-87)57-115-43-40-111-37-34-108-31-28-105-25-21-99(93)47-64(90)51-118-54-85(97-67(101)19-16-23-113-49-62-17-14-13-15-18-62,53-117-50-63(89)46-98(92)20-24-104-27-30-107-33-36-110-39-42-114-56-86-59-120-68(124-86)45-66-73(86)127-82(7,8)123-66)55-119-52-65(91)48-100(94)22-26-106-29-32-109-35-38-112-41-44-116-58-88-61-122-77(131-88)70(96-79(103)133-81(4,5)6)72-75(88)129-84(11,12)126-72/h13-15,17-18,46-48,66,68-77H,16,19-45,49-61,89-94H2,1-12H3,(H,95,102)(H,96,103)(H,97,101)/b63-46-,64-47-,65-48-/t66-,68+,69-,70-,71-,72-,73-,74-,75-,76+,77+,86+,87+,88+/m1/s1. The van der Waals surface area contributed by atoms with E-state index < -0.39 is 112 Å². The van der Waals surface area contributed by atoms with Crippen LogP contribution in [0.5, 0.6) is 0 Å². The maximum atomic E-state index is 14.1. The number of amides is 3. The number of nitrogens with zero attached hydrogens (tertiary/aromatic N) is 3. The molecule has 45 heteroatoms. The molecule has 0 radical (unpaired) electrons. The van der Waals surface area contributed by atoms with E-state index in [0.717, 1.165) is 5.56 Å². The van der Waals surface area contributed by atoms with Gasteiger partial charge in [0.05, 0.1) is 267 Å². The third-order valence-electron chi connectivity index (χ3n) is 21.7. The van der Waals surface area contributed by atoms with Gasteiger partial charge >= 0.3 is 12.2 Å². The van der Waals surface area contributed by atoms with Gasteiger partial charge in [-0.25, -0.2) is 27.1 Å². The number of nitrogens with two attached hydrogens (primary N) is 6. The number of benzene rings is 1. The second-order valence-corrected chi connectivity index (χ2v) is 37.3. The number of ether oxygens (including phenoxy) is 30. The first kappa shape index (κ1) is 109. The fourth-order valence-corrected chi connectivity index (χ4v) is 16.0. The second-order valence-electron chi connectivity index (χ2n) is 37.3. The highest BCUT2D eigenvalue weighted by molar-refractivity contribution is 5.77. The molecule has 9 fully saturated rings. The third kappa shape index (κ3) is 36.6. The van der Waals surface area contributed by atoms with Crippen molar-refractivity contribution in [1.82, 2.24) is 31.0 Å². The summed E-state index contributed by atoms with van der Waals surface area (Å²) in [5.74, 6) is 16.2. The molecule has 45 nitrogen and oxygen atoms in total. The van der Waals surface area contributed by atoms with Crippen molar-refractivity contribution >= 4 is 18.1 Å². The van der Waals surface area contributed by atoms with E-state index in [-0.39, 0.29) is 180 Å². The Kier molecular flexibility index (Phi) is 43.3. The molecule has 3 amide bonds. The molecule has 6 bridgehead atoms. The smallest absolute Gasteiger partial charge is 0.408 e. The lowest BCUT2D eigenvalue weighted by molar-refractivity contribution is -0.213. The van der Waals surface area contributed by atoms with Crippen LogP contribution in [-0.4, -0.2) is 396 Å². The van der Waals surface area contributed by atoms with Crippen LogP contribution in [0.1, 0.15) is 108 Å². The van der Waals surface area contributed by atoms with Crippen molar-refractivity contribution in [3.05, 3.63) is 71.6 Å². The average Bonchev–Trinajstić information content (AvgIpc) is 1.56. The highest BCUT2D eigenvalue weighted by Gasteiger charge is 2.69. The molecule has 9 aliphatic heterocycles. The molecule has 10 rings (SSSR count). The maximum absolute atomic E-state index is 14.1. The molecular formula is C88H152N12O33. The topological polar surface area (TPSA) is 530 Å². The Labute approximate surface area is 780 Å². The molecule has 1 aromatic carbocycles. The maximum Gasteiger partial charge on any atom is 0.408 e. The number of carbonyl (C=O) groups is 3. The van der Waals surface area contributed by atoms with Crippen molar-refractivity contribution in [2.24, 2.45) is 34.7 Å². The van der Waals surface area contributed by atoms with Gasteiger partial charge in [0.2, 0.25) is 5.91 Å². The number of rotatable bonds is 66. The summed E-state index contributed by atoms with van der Waals surface area (Å²) in [4.78, 5) is 39.7. The molecule has 0 spiro atoms. The summed E-state index contributed by atoms with van der Waals surface area (Å²) in [6, 6.07) is 8.38. The minimum absolute atomic E-state index is 0.0730. The molecule has 762 valence electrons. The first-order valence-electron chi connectivity index (χ1n) is 45.9. The van der Waals surface area contributed by atoms with Crippen molar-refractivity contribution in [2.75, 3.05) is 244 Å². The summed E-state index contributed by atoms with van der Waals surface area (Å²) in [5.41, 5.74) is 15.9. The Morgan fingerprint density at radius 1 is 0.414 bits per heavy atom. The zero-order valence-corrected chi connectivity index (χ0v) is 79.7. The van der Waals surface area contributed by atoms with E-state index in [1.165, 1.54) is 33.6 Å². The van der Waals surface area contributed by atoms with Crippen LogP contribution < -0.4 is 50.7 Å². The predicted octanol–water partition coefficient (Wildman–Crippen LogP) is 1.13.